The first-order valence-corrected chi connectivity index (χ1v) is 5.76. The molecule has 96 valence electrons. The lowest BCUT2D eigenvalue weighted by molar-refractivity contribution is 0.268. The molecule has 2 N–H and O–H groups in total. The SMILES string of the molecule is COc1ccc(CNC(C)CCO)c(OC)c1. The highest BCUT2D eigenvalue weighted by atomic mass is 16.5. The Kier molecular flexibility index (Phi) is 5.80. The Labute approximate surface area is 103 Å². The van der Waals surface area contributed by atoms with Gasteiger partial charge in [-0.15, -0.1) is 0 Å². The zero-order valence-electron chi connectivity index (χ0n) is 10.7. The monoisotopic (exact) mass is 239 g/mol. The van der Waals surface area contributed by atoms with E-state index in [2.05, 4.69) is 5.32 Å². The molecule has 4 nitrogen and oxygen atoms in total. The van der Waals surface area contributed by atoms with Crippen molar-refractivity contribution in [3.05, 3.63) is 23.8 Å². The zero-order chi connectivity index (χ0) is 12.7. The first-order valence-electron chi connectivity index (χ1n) is 5.76. The van der Waals surface area contributed by atoms with Crippen molar-refractivity contribution < 1.29 is 14.6 Å². The number of nitrogens with one attached hydrogen (secondary N) is 1. The maximum atomic E-state index is 8.82. The molecular weight excluding hydrogens is 218 g/mol. The first kappa shape index (κ1) is 13.8. The summed E-state index contributed by atoms with van der Waals surface area (Å²) in [4.78, 5) is 0. The predicted molar refractivity (Wildman–Crippen MR) is 67.6 cm³/mol. The average molecular weight is 239 g/mol. The second-order valence-corrected chi connectivity index (χ2v) is 3.97. The Bertz CT molecular complexity index is 341. The van der Waals surface area contributed by atoms with Crippen molar-refractivity contribution in [2.24, 2.45) is 0 Å². The summed E-state index contributed by atoms with van der Waals surface area (Å²) in [5.41, 5.74) is 1.08. The van der Waals surface area contributed by atoms with E-state index >= 15 is 0 Å². The van der Waals surface area contributed by atoms with Crippen molar-refractivity contribution in [1.82, 2.24) is 5.32 Å². The van der Waals surface area contributed by atoms with Crippen molar-refractivity contribution in [2.75, 3.05) is 20.8 Å². The fourth-order valence-corrected chi connectivity index (χ4v) is 1.58. The van der Waals surface area contributed by atoms with Crippen LogP contribution in [0.2, 0.25) is 0 Å². The summed E-state index contributed by atoms with van der Waals surface area (Å²) < 4.78 is 10.5. The van der Waals surface area contributed by atoms with E-state index in [1.807, 2.05) is 25.1 Å². The third-order valence-electron chi connectivity index (χ3n) is 2.70. The first-order chi connectivity index (χ1) is 8.21. The topological polar surface area (TPSA) is 50.7 Å². The minimum atomic E-state index is 0.202. The van der Waals surface area contributed by atoms with E-state index in [0.29, 0.717) is 6.54 Å². The van der Waals surface area contributed by atoms with Crippen molar-refractivity contribution in [2.45, 2.75) is 25.9 Å². The Morgan fingerprint density at radius 2 is 2.06 bits per heavy atom. The maximum Gasteiger partial charge on any atom is 0.127 e. The number of rotatable bonds is 7. The molecule has 0 amide bonds. The van der Waals surface area contributed by atoms with Crippen LogP contribution in [0.1, 0.15) is 18.9 Å². The van der Waals surface area contributed by atoms with Gasteiger partial charge in [0.1, 0.15) is 11.5 Å². The Hall–Kier alpha value is -1.26. The molecule has 0 saturated carbocycles. The van der Waals surface area contributed by atoms with Gasteiger partial charge in [-0.3, -0.25) is 0 Å². The second kappa shape index (κ2) is 7.14. The highest BCUT2D eigenvalue weighted by Gasteiger charge is 2.06. The summed E-state index contributed by atoms with van der Waals surface area (Å²) >= 11 is 0. The lowest BCUT2D eigenvalue weighted by Crippen LogP contribution is -2.26. The molecule has 1 unspecified atom stereocenters. The van der Waals surface area contributed by atoms with Crippen molar-refractivity contribution in [1.29, 1.82) is 0 Å². The summed E-state index contributed by atoms with van der Waals surface area (Å²) in [6.07, 6.45) is 0.748. The van der Waals surface area contributed by atoms with Gasteiger partial charge in [0.25, 0.3) is 0 Å². The maximum absolute atomic E-state index is 8.82. The Balaban J connectivity index is 2.63. The van der Waals surface area contributed by atoms with Crippen LogP contribution in [-0.4, -0.2) is 32.0 Å². The van der Waals surface area contributed by atoms with Gasteiger partial charge in [0.05, 0.1) is 14.2 Å². The molecule has 0 fully saturated rings. The molecule has 0 radical (unpaired) electrons. The van der Waals surface area contributed by atoms with Crippen LogP contribution in [0.25, 0.3) is 0 Å². The van der Waals surface area contributed by atoms with E-state index in [4.69, 9.17) is 14.6 Å². The van der Waals surface area contributed by atoms with Crippen LogP contribution in [0.5, 0.6) is 11.5 Å². The Morgan fingerprint density at radius 3 is 2.65 bits per heavy atom. The molecule has 0 aliphatic carbocycles. The quantitative estimate of drug-likeness (QED) is 0.758. The van der Waals surface area contributed by atoms with Crippen LogP contribution >= 0.6 is 0 Å². The molecule has 0 aliphatic heterocycles. The lowest BCUT2D eigenvalue weighted by atomic mass is 10.1. The van der Waals surface area contributed by atoms with E-state index < -0.39 is 0 Å². The van der Waals surface area contributed by atoms with Crippen molar-refractivity contribution in [3.8, 4) is 11.5 Å². The summed E-state index contributed by atoms with van der Waals surface area (Å²) in [5, 5.41) is 12.2. The summed E-state index contributed by atoms with van der Waals surface area (Å²) in [7, 11) is 3.28. The number of hydrogen-bond acceptors (Lipinski definition) is 4. The van der Waals surface area contributed by atoms with Crippen LogP contribution in [0, 0.1) is 0 Å². The number of aliphatic hydroxyl groups is 1. The molecule has 0 aromatic heterocycles. The number of benzene rings is 1. The van der Waals surface area contributed by atoms with Gasteiger partial charge in [-0.25, -0.2) is 0 Å². The van der Waals surface area contributed by atoms with Gasteiger partial charge in [0, 0.05) is 30.8 Å². The summed E-state index contributed by atoms with van der Waals surface area (Å²) in [6, 6.07) is 6.05. The number of ether oxygens (including phenoxy) is 2. The van der Waals surface area contributed by atoms with E-state index in [1.165, 1.54) is 0 Å². The average Bonchev–Trinajstić information content (AvgIpc) is 2.36. The normalized spacial score (nSPS) is 12.2. The van der Waals surface area contributed by atoms with Crippen LogP contribution in [0.15, 0.2) is 18.2 Å². The zero-order valence-corrected chi connectivity index (χ0v) is 10.7. The molecule has 4 heteroatoms. The molecule has 17 heavy (non-hydrogen) atoms. The largest absolute Gasteiger partial charge is 0.497 e. The fourth-order valence-electron chi connectivity index (χ4n) is 1.58. The van der Waals surface area contributed by atoms with Crippen LogP contribution in [0.3, 0.4) is 0 Å². The molecule has 1 rings (SSSR count). The van der Waals surface area contributed by atoms with Gasteiger partial charge < -0.3 is 19.9 Å². The van der Waals surface area contributed by atoms with Gasteiger partial charge in [0.2, 0.25) is 0 Å². The third-order valence-corrected chi connectivity index (χ3v) is 2.70. The molecule has 1 aromatic carbocycles. The molecule has 0 heterocycles. The van der Waals surface area contributed by atoms with Crippen LogP contribution in [-0.2, 0) is 6.54 Å². The molecule has 1 atom stereocenters. The van der Waals surface area contributed by atoms with Gasteiger partial charge in [-0.2, -0.15) is 0 Å². The van der Waals surface area contributed by atoms with Gasteiger partial charge in [0.15, 0.2) is 0 Å². The fraction of sp³-hybridized carbons (Fsp3) is 0.538. The van der Waals surface area contributed by atoms with Crippen molar-refractivity contribution in [3.63, 3.8) is 0 Å². The van der Waals surface area contributed by atoms with E-state index in [1.54, 1.807) is 14.2 Å². The standard InChI is InChI=1S/C13H21NO3/c1-10(6-7-15)14-9-11-4-5-12(16-2)8-13(11)17-3/h4-5,8,10,14-15H,6-7,9H2,1-3H3. The minimum Gasteiger partial charge on any atom is -0.497 e. The molecule has 0 saturated heterocycles. The Morgan fingerprint density at radius 1 is 1.29 bits per heavy atom. The number of hydrogen-bond donors (Lipinski definition) is 2. The predicted octanol–water partition coefficient (Wildman–Crippen LogP) is 1.56. The second-order valence-electron chi connectivity index (χ2n) is 3.97. The van der Waals surface area contributed by atoms with E-state index in [9.17, 15) is 0 Å². The third kappa shape index (κ3) is 4.24. The van der Waals surface area contributed by atoms with Crippen LogP contribution < -0.4 is 14.8 Å². The van der Waals surface area contributed by atoms with E-state index in [-0.39, 0.29) is 12.6 Å². The van der Waals surface area contributed by atoms with Gasteiger partial charge in [-0.1, -0.05) is 6.07 Å². The highest BCUT2D eigenvalue weighted by Crippen LogP contribution is 2.24. The van der Waals surface area contributed by atoms with Crippen molar-refractivity contribution >= 4 is 0 Å². The smallest absolute Gasteiger partial charge is 0.127 e. The van der Waals surface area contributed by atoms with E-state index in [0.717, 1.165) is 23.5 Å². The lowest BCUT2D eigenvalue weighted by Gasteiger charge is -2.15. The minimum absolute atomic E-state index is 0.202. The summed E-state index contributed by atoms with van der Waals surface area (Å²) in [5.74, 6) is 1.60. The van der Waals surface area contributed by atoms with Crippen LogP contribution in [0.4, 0.5) is 0 Å². The molecule has 0 bridgehead atoms. The number of methoxy groups -OCH3 is 2. The van der Waals surface area contributed by atoms with Gasteiger partial charge >= 0.3 is 0 Å². The molecule has 1 aromatic rings. The molecular formula is C13H21NO3. The highest BCUT2D eigenvalue weighted by molar-refractivity contribution is 5.40. The number of aliphatic hydroxyl groups excluding tert-OH is 1. The summed E-state index contributed by atoms with van der Waals surface area (Å²) in [6.45, 7) is 2.97. The molecule has 0 spiro atoms. The van der Waals surface area contributed by atoms with Gasteiger partial charge in [-0.05, 0) is 19.4 Å². The molecule has 0 aliphatic rings.